The van der Waals surface area contributed by atoms with Crippen LogP contribution in [-0.4, -0.2) is 61.3 Å². The molecule has 4 rings (SSSR count). The van der Waals surface area contributed by atoms with Crippen molar-refractivity contribution in [2.24, 2.45) is 0 Å². The van der Waals surface area contributed by atoms with E-state index in [1.54, 1.807) is 19.2 Å². The molecule has 1 aliphatic rings. The minimum atomic E-state index is -3.37. The maximum Gasteiger partial charge on any atom is 0.228 e. The van der Waals surface area contributed by atoms with Gasteiger partial charge in [-0.25, -0.2) is 13.4 Å². The monoisotopic (exact) mass is 484 g/mol. The Morgan fingerprint density at radius 2 is 1.94 bits per heavy atom. The van der Waals surface area contributed by atoms with E-state index in [9.17, 15) is 13.5 Å². The highest BCUT2D eigenvalue weighted by Crippen LogP contribution is 2.29. The zero-order valence-corrected chi connectivity index (χ0v) is 20.8. The highest BCUT2D eigenvalue weighted by atomic mass is 32.2. The van der Waals surface area contributed by atoms with Gasteiger partial charge in [0.05, 0.1) is 16.2 Å². The van der Waals surface area contributed by atoms with Crippen LogP contribution in [0.15, 0.2) is 47.4 Å². The van der Waals surface area contributed by atoms with E-state index in [1.807, 2.05) is 56.0 Å². The third-order valence-corrected chi connectivity index (χ3v) is 7.71. The molecule has 10 heteroatoms. The Morgan fingerprint density at radius 3 is 2.71 bits per heavy atom. The van der Waals surface area contributed by atoms with Crippen molar-refractivity contribution in [1.29, 1.82) is 0 Å². The minimum Gasteiger partial charge on any atom is -0.368 e. The molecule has 4 N–H and O–H groups in total. The first kappa shape index (κ1) is 24.3. The third-order valence-electron chi connectivity index (χ3n) is 5.92. The lowest BCUT2D eigenvalue weighted by molar-refractivity contribution is 0.0804. The first-order chi connectivity index (χ1) is 16.1. The molecule has 0 spiro atoms. The second-order valence-corrected chi connectivity index (χ2v) is 11.4. The summed E-state index contributed by atoms with van der Waals surface area (Å²) in [5.41, 5.74) is 2.16. The molecule has 1 aromatic heterocycles. The lowest BCUT2D eigenvalue weighted by Crippen LogP contribution is -2.54. The maximum atomic E-state index is 12.8. The summed E-state index contributed by atoms with van der Waals surface area (Å²) in [4.78, 5) is 11.9. The van der Waals surface area contributed by atoms with Gasteiger partial charge in [-0.1, -0.05) is 29.8 Å². The largest absolute Gasteiger partial charge is 0.368 e. The second kappa shape index (κ2) is 9.46. The summed E-state index contributed by atoms with van der Waals surface area (Å²) < 4.78 is 25.6. The Labute approximate surface area is 200 Å². The summed E-state index contributed by atoms with van der Waals surface area (Å²) in [5, 5.41) is 20.1. The van der Waals surface area contributed by atoms with Crippen LogP contribution in [0.3, 0.4) is 0 Å². The van der Waals surface area contributed by atoms with Crippen molar-refractivity contribution >= 4 is 32.5 Å². The average molecular weight is 485 g/mol. The highest BCUT2D eigenvalue weighted by molar-refractivity contribution is 7.91. The van der Waals surface area contributed by atoms with Gasteiger partial charge in [0.25, 0.3) is 0 Å². The molecule has 182 valence electrons. The highest BCUT2D eigenvalue weighted by Gasteiger charge is 2.27. The zero-order valence-electron chi connectivity index (χ0n) is 20.0. The van der Waals surface area contributed by atoms with Crippen molar-refractivity contribution < 1.29 is 13.5 Å². The van der Waals surface area contributed by atoms with E-state index in [-0.39, 0.29) is 5.75 Å². The number of aromatic nitrogens is 2. The molecule has 34 heavy (non-hydrogen) atoms. The molecule has 0 fully saturated rings. The van der Waals surface area contributed by atoms with Crippen LogP contribution in [0.4, 0.5) is 11.8 Å². The van der Waals surface area contributed by atoms with Crippen LogP contribution in [-0.2, 0) is 16.4 Å². The van der Waals surface area contributed by atoms with E-state index in [0.29, 0.717) is 36.3 Å². The number of benzene rings is 2. The van der Waals surface area contributed by atoms with Gasteiger partial charge >= 0.3 is 0 Å². The normalized spacial score (nSPS) is 16.7. The summed E-state index contributed by atoms with van der Waals surface area (Å²) in [6.45, 7) is 7.17. The Kier molecular flexibility index (Phi) is 6.77. The molecule has 3 aromatic rings. The first-order valence-corrected chi connectivity index (χ1v) is 12.9. The van der Waals surface area contributed by atoms with Gasteiger partial charge in [0.2, 0.25) is 5.95 Å². The van der Waals surface area contributed by atoms with E-state index in [0.717, 1.165) is 22.0 Å². The number of aliphatic hydroxyl groups excluding tert-OH is 1. The summed E-state index contributed by atoms with van der Waals surface area (Å²) in [7, 11) is -1.70. The number of rotatable bonds is 7. The van der Waals surface area contributed by atoms with E-state index in [1.165, 1.54) is 0 Å². The molecular formula is C24H32N6O3S. The molecule has 9 nitrogen and oxygen atoms in total. The summed E-state index contributed by atoms with van der Waals surface area (Å²) in [5.74, 6) is 1.14. The average Bonchev–Trinajstić information content (AvgIpc) is 2.93. The predicted octanol–water partition coefficient (Wildman–Crippen LogP) is 2.01. The van der Waals surface area contributed by atoms with Gasteiger partial charge < -0.3 is 15.3 Å². The lowest BCUT2D eigenvalue weighted by atomic mass is 10.1. The molecule has 0 saturated heterocycles. The number of nitrogens with one attached hydrogen (secondary N) is 3. The van der Waals surface area contributed by atoms with Crippen LogP contribution >= 0.6 is 0 Å². The Bertz CT molecular complexity index is 1300. The van der Waals surface area contributed by atoms with E-state index in [2.05, 4.69) is 16.0 Å². The number of aliphatic hydroxyl groups is 1. The van der Waals surface area contributed by atoms with Crippen LogP contribution in [0.25, 0.3) is 10.9 Å². The molecule has 1 unspecified atom stereocenters. The van der Waals surface area contributed by atoms with E-state index in [4.69, 9.17) is 9.97 Å². The van der Waals surface area contributed by atoms with E-state index < -0.39 is 21.7 Å². The summed E-state index contributed by atoms with van der Waals surface area (Å²) >= 11 is 0. The summed E-state index contributed by atoms with van der Waals surface area (Å²) in [6, 6.07) is 13.1. The van der Waals surface area contributed by atoms with Gasteiger partial charge in [-0.3, -0.25) is 10.6 Å². The fraction of sp³-hybridized carbons (Fsp3) is 0.417. The van der Waals surface area contributed by atoms with Gasteiger partial charge in [-0.05, 0) is 51.6 Å². The Hall–Kier alpha value is -2.79. The molecule has 0 bridgehead atoms. The zero-order chi connectivity index (χ0) is 24.5. The molecular weight excluding hydrogens is 452 g/mol. The van der Waals surface area contributed by atoms with Crippen molar-refractivity contribution in [2.75, 3.05) is 36.1 Å². The van der Waals surface area contributed by atoms with Crippen LogP contribution in [0.2, 0.25) is 0 Å². The number of sulfone groups is 1. The van der Waals surface area contributed by atoms with Crippen LogP contribution < -0.4 is 20.9 Å². The second-order valence-electron chi connectivity index (χ2n) is 9.31. The Balaban J connectivity index is 1.70. The minimum absolute atomic E-state index is 0.000920. The van der Waals surface area contributed by atoms with Gasteiger partial charge in [0, 0.05) is 30.6 Å². The molecule has 0 aliphatic carbocycles. The third kappa shape index (κ3) is 5.30. The number of anilines is 2. The van der Waals surface area contributed by atoms with Crippen molar-refractivity contribution in [3.63, 3.8) is 0 Å². The van der Waals surface area contributed by atoms with Gasteiger partial charge in [-0.2, -0.15) is 4.98 Å². The van der Waals surface area contributed by atoms with Crippen LogP contribution in [0, 0.1) is 6.92 Å². The van der Waals surface area contributed by atoms with Crippen molar-refractivity contribution in [3.05, 3.63) is 53.6 Å². The van der Waals surface area contributed by atoms with Crippen molar-refractivity contribution in [2.45, 2.75) is 44.1 Å². The number of nitrogens with zero attached hydrogens (tertiary/aromatic N) is 3. The molecule has 0 amide bonds. The van der Waals surface area contributed by atoms with Crippen molar-refractivity contribution in [3.8, 4) is 0 Å². The SMILES string of the molecule is CNC(O)NC(C)(C)CNc1nc(N2CCS(=O)(=O)c3ccccc3C2)nc2ccc(C)cc12. The maximum absolute atomic E-state index is 12.8. The van der Waals surface area contributed by atoms with Gasteiger partial charge in [0.15, 0.2) is 16.2 Å². The van der Waals surface area contributed by atoms with Gasteiger partial charge in [-0.15, -0.1) is 0 Å². The lowest BCUT2D eigenvalue weighted by Gasteiger charge is -2.30. The standard InChI is InChI=1S/C24H32N6O3S/c1-16-9-10-19-18(13-16)21(26-15-24(2,3)29-23(31)25-4)28-22(27-19)30-11-12-34(32,33)20-8-6-5-7-17(20)14-30/h5-10,13,23,25,29,31H,11-12,14-15H2,1-4H3,(H,26,27,28). The summed E-state index contributed by atoms with van der Waals surface area (Å²) in [6.07, 6.45) is -0.837. The molecule has 0 saturated carbocycles. The smallest absolute Gasteiger partial charge is 0.228 e. The van der Waals surface area contributed by atoms with Crippen molar-refractivity contribution in [1.82, 2.24) is 20.6 Å². The van der Waals surface area contributed by atoms with Crippen LogP contribution in [0.5, 0.6) is 0 Å². The quantitative estimate of drug-likeness (QED) is 0.373. The number of fused-ring (bicyclic) bond motifs is 2. The predicted molar refractivity (Wildman–Crippen MR) is 135 cm³/mol. The van der Waals surface area contributed by atoms with Crippen LogP contribution in [0.1, 0.15) is 25.0 Å². The fourth-order valence-corrected chi connectivity index (χ4v) is 5.54. The Morgan fingerprint density at radius 1 is 1.18 bits per heavy atom. The molecule has 2 aromatic carbocycles. The van der Waals surface area contributed by atoms with E-state index >= 15 is 0 Å². The first-order valence-electron chi connectivity index (χ1n) is 11.3. The molecule has 0 radical (unpaired) electrons. The van der Waals surface area contributed by atoms with Gasteiger partial charge in [0.1, 0.15) is 5.82 Å². The topological polar surface area (TPSA) is 119 Å². The number of hydrogen-bond acceptors (Lipinski definition) is 9. The number of aryl methyl sites for hydroxylation is 1. The molecule has 1 aliphatic heterocycles. The number of hydrogen-bond donors (Lipinski definition) is 4. The fourth-order valence-electron chi connectivity index (χ4n) is 4.04. The molecule has 1 atom stereocenters. The molecule has 2 heterocycles.